The Balaban J connectivity index is 0.00000200. The molecule has 2 fully saturated rings. The zero-order chi connectivity index (χ0) is 14.4. The summed E-state index contributed by atoms with van der Waals surface area (Å²) in [6, 6.07) is 0.169. The van der Waals surface area contributed by atoms with E-state index in [1.54, 1.807) is 25.7 Å². The van der Waals surface area contributed by atoms with Gasteiger partial charge in [-0.05, 0) is 45.4 Å². The van der Waals surface area contributed by atoms with Gasteiger partial charge in [-0.2, -0.15) is 0 Å². The van der Waals surface area contributed by atoms with Crippen molar-refractivity contribution >= 4 is 28.2 Å². The number of carbonyl (C=O) groups is 1. The highest BCUT2D eigenvalue weighted by atomic mass is 35.5. The molecule has 1 aliphatic carbocycles. The molecule has 1 amide bonds. The van der Waals surface area contributed by atoms with E-state index in [-0.39, 0.29) is 30.1 Å². The third-order valence-corrected chi connectivity index (χ3v) is 7.00. The van der Waals surface area contributed by atoms with E-state index in [0.717, 1.165) is 12.8 Å². The van der Waals surface area contributed by atoms with Crippen molar-refractivity contribution in [1.29, 1.82) is 0 Å². The molecule has 2 rings (SSSR count). The number of amides is 1. The molecule has 1 saturated carbocycles. The van der Waals surface area contributed by atoms with Gasteiger partial charge in [0.15, 0.2) is 9.84 Å². The second-order valence-electron chi connectivity index (χ2n) is 6.84. The molecule has 7 heteroatoms. The predicted molar refractivity (Wildman–Crippen MR) is 81.6 cm³/mol. The molecule has 3 atom stereocenters. The van der Waals surface area contributed by atoms with Crippen LogP contribution in [0.2, 0.25) is 0 Å². The van der Waals surface area contributed by atoms with Gasteiger partial charge in [-0.25, -0.2) is 8.42 Å². The van der Waals surface area contributed by atoms with Crippen LogP contribution in [-0.4, -0.2) is 48.9 Å². The molecule has 0 spiro atoms. The van der Waals surface area contributed by atoms with Crippen molar-refractivity contribution < 1.29 is 13.2 Å². The Morgan fingerprint density at radius 2 is 1.85 bits per heavy atom. The number of sulfone groups is 1. The van der Waals surface area contributed by atoms with E-state index in [9.17, 15) is 13.2 Å². The number of nitrogens with two attached hydrogens (primary N) is 1. The van der Waals surface area contributed by atoms with Crippen LogP contribution >= 0.6 is 12.4 Å². The van der Waals surface area contributed by atoms with Gasteiger partial charge in [0, 0.05) is 19.1 Å². The molecule has 1 heterocycles. The predicted octanol–water partition coefficient (Wildman–Crippen LogP) is 0.817. The Hall–Kier alpha value is -0.330. The fraction of sp³-hybridized carbons (Fsp3) is 0.923. The highest BCUT2D eigenvalue weighted by Gasteiger charge is 2.43. The van der Waals surface area contributed by atoms with E-state index in [4.69, 9.17) is 5.73 Å². The van der Waals surface area contributed by atoms with Crippen LogP contribution < -0.4 is 5.73 Å². The zero-order valence-corrected chi connectivity index (χ0v) is 14.0. The monoisotopic (exact) mass is 324 g/mol. The average Bonchev–Trinajstić information content (AvgIpc) is 2.79. The number of rotatable bonds is 2. The van der Waals surface area contributed by atoms with Crippen LogP contribution in [0, 0.1) is 11.8 Å². The minimum Gasteiger partial charge on any atom is -0.341 e. The number of hydrogen-bond donors (Lipinski definition) is 1. The molecule has 3 unspecified atom stereocenters. The molecule has 0 radical (unpaired) electrons. The Kier molecular flexibility index (Phi) is 5.15. The highest BCUT2D eigenvalue weighted by Crippen LogP contribution is 2.37. The second-order valence-corrected chi connectivity index (χ2v) is 9.58. The van der Waals surface area contributed by atoms with Crippen LogP contribution in [0.1, 0.15) is 33.6 Å². The van der Waals surface area contributed by atoms with Crippen LogP contribution in [0.3, 0.4) is 0 Å². The lowest BCUT2D eigenvalue weighted by Crippen LogP contribution is -2.41. The topological polar surface area (TPSA) is 80.5 Å². The first-order valence-corrected chi connectivity index (χ1v) is 8.53. The lowest BCUT2D eigenvalue weighted by Gasteiger charge is -2.23. The summed E-state index contributed by atoms with van der Waals surface area (Å²) in [6.07, 6.45) is 2.08. The molecule has 1 aliphatic heterocycles. The fourth-order valence-electron chi connectivity index (χ4n) is 2.98. The van der Waals surface area contributed by atoms with Crippen LogP contribution in [0.4, 0.5) is 0 Å². The van der Waals surface area contributed by atoms with Gasteiger partial charge < -0.3 is 10.6 Å². The van der Waals surface area contributed by atoms with Crippen LogP contribution in [0.25, 0.3) is 0 Å². The largest absolute Gasteiger partial charge is 0.341 e. The van der Waals surface area contributed by atoms with E-state index in [1.165, 1.54) is 0 Å². The number of likely N-dealkylation sites (tertiary alicyclic amines) is 1. The molecular formula is C13H25ClN2O3S. The maximum absolute atomic E-state index is 12.2. The van der Waals surface area contributed by atoms with Gasteiger partial charge >= 0.3 is 0 Å². The molecule has 20 heavy (non-hydrogen) atoms. The summed E-state index contributed by atoms with van der Waals surface area (Å²) >= 11 is 0. The minimum absolute atomic E-state index is 0. The first-order chi connectivity index (χ1) is 8.62. The van der Waals surface area contributed by atoms with Crippen LogP contribution in [0.5, 0.6) is 0 Å². The smallest absolute Gasteiger partial charge is 0.237 e. The van der Waals surface area contributed by atoms with E-state index < -0.39 is 14.6 Å². The van der Waals surface area contributed by atoms with Crippen molar-refractivity contribution in [2.75, 3.05) is 18.8 Å². The van der Waals surface area contributed by atoms with Gasteiger partial charge in [0.25, 0.3) is 0 Å². The Morgan fingerprint density at radius 1 is 1.25 bits per heavy atom. The van der Waals surface area contributed by atoms with Crippen molar-refractivity contribution in [3.8, 4) is 0 Å². The Labute approximate surface area is 127 Å². The van der Waals surface area contributed by atoms with Gasteiger partial charge in [-0.15, -0.1) is 12.4 Å². The van der Waals surface area contributed by atoms with Crippen LogP contribution in [0.15, 0.2) is 0 Å². The van der Waals surface area contributed by atoms with Crippen LogP contribution in [-0.2, 0) is 14.6 Å². The maximum Gasteiger partial charge on any atom is 0.237 e. The van der Waals surface area contributed by atoms with Gasteiger partial charge in [-0.3, -0.25) is 4.79 Å². The Bertz CT molecular complexity index is 472. The molecular weight excluding hydrogens is 300 g/mol. The summed E-state index contributed by atoms with van der Waals surface area (Å²) in [5.41, 5.74) is 6.02. The number of nitrogens with zero attached hydrogens (tertiary/aromatic N) is 1. The first kappa shape index (κ1) is 17.7. The van der Waals surface area contributed by atoms with Crippen molar-refractivity contribution in [1.82, 2.24) is 4.90 Å². The van der Waals surface area contributed by atoms with Crippen molar-refractivity contribution in [2.24, 2.45) is 17.6 Å². The summed E-state index contributed by atoms with van der Waals surface area (Å²) in [5, 5.41) is 0. The lowest BCUT2D eigenvalue weighted by atomic mass is 9.98. The van der Waals surface area contributed by atoms with Crippen molar-refractivity contribution in [3.05, 3.63) is 0 Å². The molecule has 0 bridgehead atoms. The van der Waals surface area contributed by atoms with Crippen molar-refractivity contribution in [2.45, 2.75) is 44.4 Å². The quantitative estimate of drug-likeness (QED) is 0.815. The molecule has 118 valence electrons. The molecule has 0 aromatic carbocycles. The normalized spacial score (nSPS) is 30.0. The molecule has 2 aliphatic rings. The fourth-order valence-corrected chi connectivity index (χ4v) is 3.92. The summed E-state index contributed by atoms with van der Waals surface area (Å²) in [5.74, 6) is 0.180. The van der Waals surface area contributed by atoms with E-state index in [1.807, 2.05) is 0 Å². The van der Waals surface area contributed by atoms with Gasteiger partial charge in [0.2, 0.25) is 5.91 Å². The molecule has 0 aromatic heterocycles. The molecule has 2 N–H and O–H groups in total. The standard InChI is InChI=1S/C13H24N2O3S.ClH/c1-13(2,3)19(17,18)8-12(16)15-6-9-4-5-11(14)10(9)7-15;/h9-11H,4-8,14H2,1-3H3;1H. The lowest BCUT2D eigenvalue weighted by molar-refractivity contribution is -0.127. The summed E-state index contributed by atoms with van der Waals surface area (Å²) in [4.78, 5) is 13.8. The first-order valence-electron chi connectivity index (χ1n) is 6.87. The molecule has 5 nitrogen and oxygen atoms in total. The number of hydrogen-bond acceptors (Lipinski definition) is 4. The molecule has 1 saturated heterocycles. The third-order valence-electron chi connectivity index (χ3n) is 4.51. The number of halogens is 1. The summed E-state index contributed by atoms with van der Waals surface area (Å²) in [6.45, 7) is 6.19. The SMILES string of the molecule is CC(C)(C)S(=O)(=O)CC(=O)N1CC2CCC(N)C2C1.Cl. The van der Waals surface area contributed by atoms with Gasteiger partial charge in [-0.1, -0.05) is 0 Å². The van der Waals surface area contributed by atoms with E-state index >= 15 is 0 Å². The van der Waals surface area contributed by atoms with Gasteiger partial charge in [0.1, 0.15) is 5.75 Å². The van der Waals surface area contributed by atoms with Gasteiger partial charge in [0.05, 0.1) is 4.75 Å². The van der Waals surface area contributed by atoms with Crippen molar-refractivity contribution in [3.63, 3.8) is 0 Å². The Morgan fingerprint density at radius 3 is 2.35 bits per heavy atom. The zero-order valence-electron chi connectivity index (χ0n) is 12.3. The minimum atomic E-state index is -3.39. The number of fused-ring (bicyclic) bond motifs is 1. The second kappa shape index (κ2) is 5.81. The van der Waals surface area contributed by atoms with E-state index in [0.29, 0.717) is 24.9 Å². The highest BCUT2D eigenvalue weighted by molar-refractivity contribution is 7.93. The summed E-state index contributed by atoms with van der Waals surface area (Å²) < 4.78 is 23.2. The van der Waals surface area contributed by atoms with E-state index in [2.05, 4.69) is 0 Å². The average molecular weight is 325 g/mol. The molecule has 0 aromatic rings. The third kappa shape index (κ3) is 3.28. The number of carbonyl (C=O) groups excluding carboxylic acids is 1. The summed E-state index contributed by atoms with van der Waals surface area (Å²) in [7, 11) is -3.39. The maximum atomic E-state index is 12.2.